The van der Waals surface area contributed by atoms with Crippen LogP contribution >= 0.6 is 0 Å². The fourth-order valence-corrected chi connectivity index (χ4v) is 2.78. The molecule has 134 valence electrons. The first-order valence-electron chi connectivity index (χ1n) is 8.85. The normalized spacial score (nSPS) is 11.5. The van der Waals surface area contributed by atoms with Crippen LogP contribution in [0.5, 0.6) is 0 Å². The Morgan fingerprint density at radius 2 is 1.85 bits per heavy atom. The van der Waals surface area contributed by atoms with Crippen LogP contribution in [0.1, 0.15) is 18.1 Å². The molecule has 5 heteroatoms. The van der Waals surface area contributed by atoms with Crippen LogP contribution in [-0.4, -0.2) is 24.0 Å². The molecule has 0 radical (unpaired) electrons. The summed E-state index contributed by atoms with van der Waals surface area (Å²) in [5, 5.41) is 7.70. The first-order chi connectivity index (χ1) is 12.8. The molecule has 0 aliphatic heterocycles. The van der Waals surface area contributed by atoms with Crippen molar-refractivity contribution in [2.24, 2.45) is 4.99 Å². The molecule has 3 aromatic rings. The van der Waals surface area contributed by atoms with Crippen molar-refractivity contribution in [3.8, 4) is 0 Å². The van der Waals surface area contributed by atoms with Crippen molar-refractivity contribution in [1.29, 1.82) is 0 Å². The quantitative estimate of drug-likeness (QED) is 0.527. The van der Waals surface area contributed by atoms with Gasteiger partial charge in [-0.1, -0.05) is 36.4 Å². The number of hydrogen-bond acceptors (Lipinski definition) is 2. The minimum atomic E-state index is -0.208. The molecule has 2 N–H and O–H groups in total. The van der Waals surface area contributed by atoms with E-state index in [2.05, 4.69) is 38.8 Å². The van der Waals surface area contributed by atoms with E-state index in [1.807, 2.05) is 37.4 Å². The van der Waals surface area contributed by atoms with Crippen molar-refractivity contribution in [2.75, 3.05) is 13.1 Å². The number of nitrogens with one attached hydrogen (secondary N) is 2. The van der Waals surface area contributed by atoms with Crippen molar-refractivity contribution in [2.45, 2.75) is 19.9 Å². The van der Waals surface area contributed by atoms with E-state index in [1.165, 1.54) is 12.1 Å². The number of aromatic nitrogens is 1. The number of nitrogens with zero attached hydrogens (tertiary/aromatic N) is 2. The third kappa shape index (κ3) is 4.79. The maximum Gasteiger partial charge on any atom is 0.191 e. The minimum absolute atomic E-state index is 0.208. The number of pyridine rings is 1. The molecule has 0 fully saturated rings. The van der Waals surface area contributed by atoms with Crippen molar-refractivity contribution < 1.29 is 4.39 Å². The van der Waals surface area contributed by atoms with Crippen LogP contribution in [0.4, 0.5) is 4.39 Å². The Kier molecular flexibility index (Phi) is 6.14. The summed E-state index contributed by atoms with van der Waals surface area (Å²) in [5.74, 6) is 0.558. The van der Waals surface area contributed by atoms with Gasteiger partial charge in [-0.2, -0.15) is 0 Å². The Hall–Kier alpha value is -2.95. The summed E-state index contributed by atoms with van der Waals surface area (Å²) >= 11 is 0. The second-order valence-electron chi connectivity index (χ2n) is 5.99. The molecule has 0 atom stereocenters. The Morgan fingerprint density at radius 3 is 2.65 bits per heavy atom. The van der Waals surface area contributed by atoms with E-state index < -0.39 is 0 Å². The van der Waals surface area contributed by atoms with E-state index in [0.29, 0.717) is 6.54 Å². The molecule has 4 nitrogen and oxygen atoms in total. The van der Waals surface area contributed by atoms with Gasteiger partial charge in [0, 0.05) is 24.7 Å². The number of fused-ring (bicyclic) bond motifs is 1. The van der Waals surface area contributed by atoms with E-state index in [4.69, 9.17) is 0 Å². The van der Waals surface area contributed by atoms with Gasteiger partial charge in [-0.25, -0.2) is 9.38 Å². The molecule has 0 spiro atoms. The molecule has 1 heterocycles. The predicted molar refractivity (Wildman–Crippen MR) is 105 cm³/mol. The summed E-state index contributed by atoms with van der Waals surface area (Å²) in [5.41, 5.74) is 3.17. The van der Waals surface area contributed by atoms with Gasteiger partial charge in [0.25, 0.3) is 0 Å². The monoisotopic (exact) mass is 350 g/mol. The summed E-state index contributed by atoms with van der Waals surface area (Å²) in [6.45, 7) is 4.11. The molecule has 0 aliphatic carbocycles. The first-order valence-corrected chi connectivity index (χ1v) is 8.85. The minimum Gasteiger partial charge on any atom is -0.357 e. The van der Waals surface area contributed by atoms with Gasteiger partial charge in [-0.05, 0) is 42.7 Å². The highest BCUT2D eigenvalue weighted by Gasteiger charge is 2.03. The molecule has 1 aromatic heterocycles. The topological polar surface area (TPSA) is 49.3 Å². The average Bonchev–Trinajstić information content (AvgIpc) is 2.67. The molecule has 0 aliphatic rings. The van der Waals surface area contributed by atoms with E-state index in [-0.39, 0.29) is 5.82 Å². The number of aliphatic imine (C=N–C) groups is 1. The van der Waals surface area contributed by atoms with Gasteiger partial charge in [0.15, 0.2) is 5.96 Å². The van der Waals surface area contributed by atoms with E-state index >= 15 is 0 Å². The van der Waals surface area contributed by atoms with Crippen LogP contribution in [0.3, 0.4) is 0 Å². The van der Waals surface area contributed by atoms with E-state index in [1.54, 1.807) is 0 Å². The van der Waals surface area contributed by atoms with Gasteiger partial charge in [-0.15, -0.1) is 0 Å². The molecule has 2 aromatic carbocycles. The van der Waals surface area contributed by atoms with Gasteiger partial charge in [0.1, 0.15) is 5.82 Å². The Morgan fingerprint density at radius 1 is 1.04 bits per heavy atom. The standard InChI is InChI=1S/C21H23FN4/c1-2-23-21(25-14-12-16-8-10-19(22)11-9-16)26-15-18-6-3-5-17-7-4-13-24-20(17)18/h3-11,13H,2,12,14-15H2,1H3,(H2,23,25,26). The molecule has 0 unspecified atom stereocenters. The number of halogens is 1. The molecule has 0 bridgehead atoms. The maximum atomic E-state index is 13.0. The van der Waals surface area contributed by atoms with Crippen LogP contribution in [0.2, 0.25) is 0 Å². The number of guanidine groups is 1. The lowest BCUT2D eigenvalue weighted by atomic mass is 10.1. The second kappa shape index (κ2) is 8.94. The summed E-state index contributed by atoms with van der Waals surface area (Å²) in [6, 6.07) is 16.7. The second-order valence-corrected chi connectivity index (χ2v) is 5.99. The van der Waals surface area contributed by atoms with Crippen LogP contribution in [0.15, 0.2) is 65.8 Å². The molecular formula is C21H23FN4. The zero-order valence-corrected chi connectivity index (χ0v) is 14.9. The van der Waals surface area contributed by atoms with E-state index in [9.17, 15) is 4.39 Å². The maximum absolute atomic E-state index is 13.0. The number of hydrogen-bond donors (Lipinski definition) is 2. The summed E-state index contributed by atoms with van der Waals surface area (Å²) in [6.07, 6.45) is 2.61. The van der Waals surface area contributed by atoms with Crippen molar-refractivity contribution in [3.63, 3.8) is 0 Å². The van der Waals surface area contributed by atoms with Crippen molar-refractivity contribution in [1.82, 2.24) is 15.6 Å². The average molecular weight is 350 g/mol. The highest BCUT2D eigenvalue weighted by Crippen LogP contribution is 2.16. The summed E-state index contributed by atoms with van der Waals surface area (Å²) in [4.78, 5) is 9.15. The fraction of sp³-hybridized carbons (Fsp3) is 0.238. The third-order valence-electron chi connectivity index (χ3n) is 4.09. The van der Waals surface area contributed by atoms with Crippen LogP contribution in [0, 0.1) is 5.82 Å². The van der Waals surface area contributed by atoms with Crippen LogP contribution in [0.25, 0.3) is 10.9 Å². The molecular weight excluding hydrogens is 327 g/mol. The molecule has 0 saturated carbocycles. The van der Waals surface area contributed by atoms with Crippen LogP contribution < -0.4 is 10.6 Å². The number of benzene rings is 2. The smallest absolute Gasteiger partial charge is 0.191 e. The lowest BCUT2D eigenvalue weighted by molar-refractivity contribution is 0.626. The SMILES string of the molecule is CCNC(=NCc1cccc2cccnc12)NCCc1ccc(F)cc1. The highest BCUT2D eigenvalue weighted by atomic mass is 19.1. The third-order valence-corrected chi connectivity index (χ3v) is 4.09. The molecule has 3 rings (SSSR count). The van der Waals surface area contributed by atoms with Gasteiger partial charge in [0.2, 0.25) is 0 Å². The first kappa shape index (κ1) is 17.9. The van der Waals surface area contributed by atoms with Gasteiger partial charge < -0.3 is 10.6 Å². The number of rotatable bonds is 6. The van der Waals surface area contributed by atoms with Gasteiger partial charge in [-0.3, -0.25) is 4.98 Å². The van der Waals surface area contributed by atoms with Gasteiger partial charge in [0.05, 0.1) is 12.1 Å². The van der Waals surface area contributed by atoms with E-state index in [0.717, 1.165) is 47.5 Å². The zero-order valence-electron chi connectivity index (χ0n) is 14.9. The highest BCUT2D eigenvalue weighted by molar-refractivity contribution is 5.83. The lowest BCUT2D eigenvalue weighted by Crippen LogP contribution is -2.38. The van der Waals surface area contributed by atoms with Crippen molar-refractivity contribution >= 4 is 16.9 Å². The lowest BCUT2D eigenvalue weighted by Gasteiger charge is -2.12. The predicted octanol–water partition coefficient (Wildman–Crippen LogP) is 3.67. The number of para-hydroxylation sites is 1. The largest absolute Gasteiger partial charge is 0.357 e. The summed E-state index contributed by atoms with van der Waals surface area (Å²) < 4.78 is 13.0. The Balaban J connectivity index is 1.63. The zero-order chi connectivity index (χ0) is 18.2. The molecule has 0 saturated heterocycles. The summed E-state index contributed by atoms with van der Waals surface area (Å²) in [7, 11) is 0. The Bertz CT molecular complexity index is 869. The fourth-order valence-electron chi connectivity index (χ4n) is 2.78. The van der Waals surface area contributed by atoms with Gasteiger partial charge >= 0.3 is 0 Å². The molecule has 0 amide bonds. The van der Waals surface area contributed by atoms with Crippen LogP contribution in [-0.2, 0) is 13.0 Å². The molecule has 26 heavy (non-hydrogen) atoms. The Labute approximate surface area is 153 Å². The van der Waals surface area contributed by atoms with Crippen molar-refractivity contribution in [3.05, 3.63) is 77.7 Å².